The summed E-state index contributed by atoms with van der Waals surface area (Å²) >= 11 is 0. The Bertz CT molecular complexity index is 1190. The van der Waals surface area contributed by atoms with E-state index in [1.165, 1.54) is 9.80 Å². The number of pyridine rings is 1. The highest BCUT2D eigenvalue weighted by molar-refractivity contribution is 5.89. The van der Waals surface area contributed by atoms with E-state index in [2.05, 4.69) is 15.3 Å². The zero-order valence-corrected chi connectivity index (χ0v) is 19.0. The monoisotopic (exact) mass is 465 g/mol. The van der Waals surface area contributed by atoms with Crippen molar-refractivity contribution in [2.45, 2.75) is 18.9 Å². The van der Waals surface area contributed by atoms with Gasteiger partial charge in [0, 0.05) is 46.0 Å². The van der Waals surface area contributed by atoms with Crippen LogP contribution in [0.3, 0.4) is 0 Å². The molecule has 178 valence electrons. The number of ether oxygens (including phenoxy) is 1. The smallest absolute Gasteiger partial charge is 0.407 e. The molecule has 10 nitrogen and oxygen atoms in total. The van der Waals surface area contributed by atoms with Crippen molar-refractivity contribution in [1.29, 1.82) is 0 Å². The fourth-order valence-electron chi connectivity index (χ4n) is 4.03. The zero-order chi connectivity index (χ0) is 24.2. The summed E-state index contributed by atoms with van der Waals surface area (Å²) in [5.41, 5.74) is 1.59. The van der Waals surface area contributed by atoms with Gasteiger partial charge in [-0.2, -0.15) is 0 Å². The second-order valence-electron chi connectivity index (χ2n) is 8.51. The Morgan fingerprint density at radius 2 is 2.00 bits per heavy atom. The lowest BCUT2D eigenvalue weighted by molar-refractivity contribution is -0.135. The largest absolute Gasteiger partial charge is 0.465 e. The van der Waals surface area contributed by atoms with Gasteiger partial charge in [-0.05, 0) is 36.2 Å². The topological polar surface area (TPSA) is 128 Å². The molecule has 10 heteroatoms. The number of benzene rings is 1. The minimum atomic E-state index is -1.04. The summed E-state index contributed by atoms with van der Waals surface area (Å²) < 4.78 is 6.00. The molecule has 0 saturated carbocycles. The Morgan fingerprint density at radius 3 is 2.68 bits per heavy atom. The van der Waals surface area contributed by atoms with E-state index in [1.807, 2.05) is 30.3 Å². The summed E-state index contributed by atoms with van der Waals surface area (Å²) in [5, 5.41) is 12.8. The minimum Gasteiger partial charge on any atom is -0.465 e. The first-order valence-electron chi connectivity index (χ1n) is 11.0. The van der Waals surface area contributed by atoms with E-state index < -0.39 is 18.1 Å². The van der Waals surface area contributed by atoms with Gasteiger partial charge < -0.3 is 29.9 Å². The molecule has 0 radical (unpaired) electrons. The van der Waals surface area contributed by atoms with E-state index in [1.54, 1.807) is 32.6 Å². The molecule has 4 rings (SSSR count). The van der Waals surface area contributed by atoms with Gasteiger partial charge in [-0.3, -0.25) is 9.59 Å². The maximum atomic E-state index is 12.8. The van der Waals surface area contributed by atoms with Crippen molar-refractivity contribution < 1.29 is 24.2 Å². The molecule has 0 spiro atoms. The molecule has 2 aromatic heterocycles. The number of carbonyl (C=O) groups is 3. The Labute approximate surface area is 196 Å². The van der Waals surface area contributed by atoms with Gasteiger partial charge in [-0.25, -0.2) is 9.78 Å². The second kappa shape index (κ2) is 9.82. The van der Waals surface area contributed by atoms with Crippen LogP contribution in [0.25, 0.3) is 11.0 Å². The highest BCUT2D eigenvalue weighted by Gasteiger charge is 2.33. The van der Waals surface area contributed by atoms with E-state index in [9.17, 15) is 14.4 Å². The first-order chi connectivity index (χ1) is 16.3. The first-order valence-corrected chi connectivity index (χ1v) is 11.0. The molecule has 1 aromatic carbocycles. The highest BCUT2D eigenvalue weighted by atomic mass is 16.5. The predicted octanol–water partition coefficient (Wildman–Crippen LogP) is 2.47. The number of hydrogen-bond donors (Lipinski definition) is 3. The quantitative estimate of drug-likeness (QED) is 0.492. The number of nitrogens with one attached hydrogen (secondary N) is 2. The van der Waals surface area contributed by atoms with Crippen molar-refractivity contribution in [3.63, 3.8) is 0 Å². The van der Waals surface area contributed by atoms with Gasteiger partial charge in [0.25, 0.3) is 0 Å². The molecule has 2 atom stereocenters. The van der Waals surface area contributed by atoms with E-state index in [4.69, 9.17) is 9.84 Å². The summed E-state index contributed by atoms with van der Waals surface area (Å²) in [6.07, 6.45) is 3.17. The number of carbonyl (C=O) groups excluding carboxylic acids is 2. The molecular weight excluding hydrogens is 438 g/mol. The number of nitrogens with zero attached hydrogens (tertiary/aromatic N) is 3. The lowest BCUT2D eigenvalue weighted by Crippen LogP contribution is -2.49. The van der Waals surface area contributed by atoms with Crippen LogP contribution in [-0.2, 0) is 16.0 Å². The van der Waals surface area contributed by atoms with E-state index in [-0.39, 0.29) is 18.4 Å². The molecule has 1 saturated heterocycles. The number of hydrogen-bond acceptors (Lipinski definition) is 5. The molecule has 2 unspecified atom stereocenters. The van der Waals surface area contributed by atoms with Crippen LogP contribution in [0.4, 0.5) is 4.79 Å². The third kappa shape index (κ3) is 5.11. The van der Waals surface area contributed by atoms with Gasteiger partial charge in [0.2, 0.25) is 11.8 Å². The number of H-pyrrole nitrogens is 1. The van der Waals surface area contributed by atoms with Crippen molar-refractivity contribution in [3.05, 3.63) is 54.4 Å². The Balaban J connectivity index is 1.43. The van der Waals surface area contributed by atoms with Crippen LogP contribution in [0.2, 0.25) is 0 Å². The van der Waals surface area contributed by atoms with Crippen LogP contribution in [0.1, 0.15) is 12.0 Å². The van der Waals surface area contributed by atoms with Crippen molar-refractivity contribution in [2.24, 2.45) is 5.92 Å². The Hall–Kier alpha value is -4.08. The SMILES string of the molecule is CN(C)C(=O)C(Cc1ccc(Oc2ccnc3[nH]ccc23)cc1)NC(=O)C1CCN(C(=O)O)C1. The molecule has 0 bridgehead atoms. The van der Waals surface area contributed by atoms with Crippen LogP contribution in [0.5, 0.6) is 11.5 Å². The van der Waals surface area contributed by atoms with Crippen LogP contribution < -0.4 is 10.1 Å². The summed E-state index contributed by atoms with van der Waals surface area (Å²) in [7, 11) is 3.27. The third-order valence-corrected chi connectivity index (χ3v) is 5.90. The van der Waals surface area contributed by atoms with Gasteiger partial charge >= 0.3 is 6.09 Å². The molecule has 1 aliphatic heterocycles. The average molecular weight is 466 g/mol. The van der Waals surface area contributed by atoms with Crippen molar-refractivity contribution >= 4 is 28.9 Å². The summed E-state index contributed by atoms with van der Waals surface area (Å²) in [6, 6.07) is 10.3. The molecule has 3 amide bonds. The van der Waals surface area contributed by atoms with Crippen LogP contribution in [0.15, 0.2) is 48.8 Å². The number of likely N-dealkylation sites (tertiary alicyclic amines) is 1. The van der Waals surface area contributed by atoms with Crippen molar-refractivity contribution in [2.75, 3.05) is 27.2 Å². The number of aromatic amines is 1. The number of likely N-dealkylation sites (N-methyl/N-ethyl adjacent to an activating group) is 1. The van der Waals surface area contributed by atoms with Crippen LogP contribution >= 0.6 is 0 Å². The maximum absolute atomic E-state index is 12.8. The number of carboxylic acid groups (broad SMARTS) is 1. The number of amides is 3. The van der Waals surface area contributed by atoms with Gasteiger partial charge in [0.1, 0.15) is 23.2 Å². The molecule has 34 heavy (non-hydrogen) atoms. The maximum Gasteiger partial charge on any atom is 0.407 e. The van der Waals surface area contributed by atoms with Gasteiger partial charge in [0.15, 0.2) is 0 Å². The van der Waals surface area contributed by atoms with E-state index in [0.29, 0.717) is 30.9 Å². The van der Waals surface area contributed by atoms with Gasteiger partial charge in [0.05, 0.1) is 11.3 Å². The number of rotatable bonds is 7. The average Bonchev–Trinajstić information content (AvgIpc) is 3.50. The fourth-order valence-corrected chi connectivity index (χ4v) is 4.03. The summed E-state index contributed by atoms with van der Waals surface area (Å²) in [5.74, 6) is 0.316. The zero-order valence-electron chi connectivity index (χ0n) is 19.0. The molecule has 1 fully saturated rings. The summed E-state index contributed by atoms with van der Waals surface area (Å²) in [4.78, 5) is 46.6. The van der Waals surface area contributed by atoms with Crippen molar-refractivity contribution in [1.82, 2.24) is 25.1 Å². The van der Waals surface area contributed by atoms with Crippen LogP contribution in [0, 0.1) is 5.92 Å². The Morgan fingerprint density at radius 1 is 1.24 bits per heavy atom. The first kappa shape index (κ1) is 23.1. The molecule has 0 aliphatic carbocycles. The van der Waals surface area contributed by atoms with Crippen molar-refractivity contribution in [3.8, 4) is 11.5 Å². The van der Waals surface area contributed by atoms with E-state index >= 15 is 0 Å². The fraction of sp³-hybridized carbons (Fsp3) is 0.333. The number of aromatic nitrogens is 2. The molecule has 3 N–H and O–H groups in total. The highest BCUT2D eigenvalue weighted by Crippen LogP contribution is 2.28. The summed E-state index contributed by atoms with van der Waals surface area (Å²) in [6.45, 7) is 0.452. The second-order valence-corrected chi connectivity index (χ2v) is 8.51. The standard InChI is InChI=1S/C24H27N5O5/c1-28(2)23(31)19(27-22(30)16-9-12-29(14-16)24(32)33)13-15-3-5-17(6-4-15)34-20-8-11-26-21-18(20)7-10-25-21/h3-8,10-11,16,19H,9,12-14H2,1-2H3,(H,25,26)(H,27,30)(H,32,33). The minimum absolute atomic E-state index is 0.138. The Kier molecular flexibility index (Phi) is 6.67. The lowest BCUT2D eigenvalue weighted by Gasteiger charge is -2.23. The van der Waals surface area contributed by atoms with Gasteiger partial charge in [-0.1, -0.05) is 12.1 Å². The lowest BCUT2D eigenvalue weighted by atomic mass is 10.0. The molecular formula is C24H27N5O5. The van der Waals surface area contributed by atoms with Crippen LogP contribution in [-0.4, -0.2) is 76.0 Å². The molecule has 3 aromatic rings. The van der Waals surface area contributed by atoms with Gasteiger partial charge in [-0.15, -0.1) is 0 Å². The number of fused-ring (bicyclic) bond motifs is 1. The molecule has 1 aliphatic rings. The van der Waals surface area contributed by atoms with E-state index in [0.717, 1.165) is 16.6 Å². The predicted molar refractivity (Wildman–Crippen MR) is 125 cm³/mol. The normalized spacial score (nSPS) is 16.3. The third-order valence-electron chi connectivity index (χ3n) is 5.90. The molecule has 3 heterocycles.